The molecule has 0 bridgehead atoms. The third kappa shape index (κ3) is 4.94. The fraction of sp³-hybridized carbons (Fsp3) is 1.00. The summed E-state index contributed by atoms with van der Waals surface area (Å²) in [6.45, 7) is 3.43. The van der Waals surface area contributed by atoms with Crippen molar-refractivity contribution in [3.63, 3.8) is 0 Å². The zero-order valence-electron chi connectivity index (χ0n) is 11.6. The monoisotopic (exact) mass is 242 g/mol. The summed E-state index contributed by atoms with van der Waals surface area (Å²) in [4.78, 5) is 2.29. The Labute approximate surface area is 106 Å². The van der Waals surface area contributed by atoms with Crippen LogP contribution in [0.25, 0.3) is 0 Å². The molecule has 3 nitrogen and oxygen atoms in total. The lowest BCUT2D eigenvalue weighted by molar-refractivity contribution is 0.102. The Hall–Kier alpha value is -0.120. The number of aliphatic hydroxyl groups excluding tert-OH is 1. The first-order valence-corrected chi connectivity index (χ1v) is 7.25. The molecule has 1 saturated carbocycles. The molecule has 2 atom stereocenters. The quantitative estimate of drug-likeness (QED) is 0.718. The molecule has 0 aliphatic heterocycles. The molecule has 17 heavy (non-hydrogen) atoms. The Morgan fingerprint density at radius 1 is 1.29 bits per heavy atom. The zero-order valence-corrected chi connectivity index (χ0v) is 11.6. The van der Waals surface area contributed by atoms with Gasteiger partial charge < -0.3 is 10.8 Å². The fourth-order valence-corrected chi connectivity index (χ4v) is 3.04. The SMILES string of the molecule is CCCC(N)C(CO)N(C)CC1CCCCC1. The van der Waals surface area contributed by atoms with Crippen LogP contribution in [0.4, 0.5) is 0 Å². The van der Waals surface area contributed by atoms with E-state index in [0.717, 1.165) is 25.3 Å². The highest BCUT2D eigenvalue weighted by Crippen LogP contribution is 2.24. The molecule has 1 rings (SSSR count). The van der Waals surface area contributed by atoms with Gasteiger partial charge in [0, 0.05) is 18.6 Å². The third-order valence-electron chi connectivity index (χ3n) is 4.14. The Morgan fingerprint density at radius 3 is 2.47 bits per heavy atom. The van der Waals surface area contributed by atoms with Gasteiger partial charge in [-0.25, -0.2) is 0 Å². The van der Waals surface area contributed by atoms with E-state index in [2.05, 4.69) is 18.9 Å². The van der Waals surface area contributed by atoms with Crippen LogP contribution in [-0.4, -0.2) is 42.3 Å². The molecule has 1 fully saturated rings. The smallest absolute Gasteiger partial charge is 0.0601 e. The van der Waals surface area contributed by atoms with Gasteiger partial charge in [0.05, 0.1) is 6.61 Å². The molecular formula is C14H30N2O. The number of nitrogens with two attached hydrogens (primary N) is 1. The molecule has 0 aromatic heterocycles. The molecule has 0 aromatic carbocycles. The number of hydrogen-bond donors (Lipinski definition) is 2. The van der Waals surface area contributed by atoms with Crippen LogP contribution >= 0.6 is 0 Å². The van der Waals surface area contributed by atoms with Gasteiger partial charge in [-0.3, -0.25) is 4.90 Å². The van der Waals surface area contributed by atoms with Crippen LogP contribution in [0, 0.1) is 5.92 Å². The highest BCUT2D eigenvalue weighted by atomic mass is 16.3. The number of aliphatic hydroxyl groups is 1. The predicted molar refractivity (Wildman–Crippen MR) is 73.0 cm³/mol. The zero-order chi connectivity index (χ0) is 12.7. The summed E-state index contributed by atoms with van der Waals surface area (Å²) >= 11 is 0. The van der Waals surface area contributed by atoms with Crippen molar-refractivity contribution in [3.8, 4) is 0 Å². The molecule has 2 unspecified atom stereocenters. The predicted octanol–water partition coefficient (Wildman–Crippen LogP) is 1.99. The maximum Gasteiger partial charge on any atom is 0.0601 e. The molecule has 0 radical (unpaired) electrons. The number of rotatable bonds is 7. The molecule has 0 heterocycles. The van der Waals surface area contributed by atoms with Crippen molar-refractivity contribution in [1.82, 2.24) is 4.90 Å². The van der Waals surface area contributed by atoms with Crippen LogP contribution in [0.1, 0.15) is 51.9 Å². The number of hydrogen-bond acceptors (Lipinski definition) is 3. The summed E-state index contributed by atoms with van der Waals surface area (Å²) in [5, 5.41) is 9.50. The molecule has 3 heteroatoms. The van der Waals surface area contributed by atoms with E-state index in [1.807, 2.05) is 0 Å². The van der Waals surface area contributed by atoms with E-state index >= 15 is 0 Å². The molecule has 3 N–H and O–H groups in total. The van der Waals surface area contributed by atoms with Crippen LogP contribution in [0.2, 0.25) is 0 Å². The van der Waals surface area contributed by atoms with E-state index in [1.165, 1.54) is 32.1 Å². The van der Waals surface area contributed by atoms with Gasteiger partial charge in [-0.2, -0.15) is 0 Å². The van der Waals surface area contributed by atoms with Gasteiger partial charge in [-0.1, -0.05) is 32.6 Å². The van der Waals surface area contributed by atoms with Crippen LogP contribution in [-0.2, 0) is 0 Å². The van der Waals surface area contributed by atoms with Gasteiger partial charge in [-0.05, 0) is 32.2 Å². The standard InChI is InChI=1S/C14H30N2O/c1-3-7-13(15)14(11-17)16(2)10-12-8-5-4-6-9-12/h12-14,17H,3-11,15H2,1-2H3. The Morgan fingerprint density at radius 2 is 1.94 bits per heavy atom. The van der Waals surface area contributed by atoms with E-state index in [-0.39, 0.29) is 18.7 Å². The molecular weight excluding hydrogens is 212 g/mol. The topological polar surface area (TPSA) is 49.5 Å². The average Bonchev–Trinajstić information content (AvgIpc) is 2.31. The Kier molecular flexibility index (Phi) is 7.09. The van der Waals surface area contributed by atoms with E-state index in [4.69, 9.17) is 5.73 Å². The fourth-order valence-electron chi connectivity index (χ4n) is 3.04. The van der Waals surface area contributed by atoms with Crippen molar-refractivity contribution in [2.24, 2.45) is 11.7 Å². The summed E-state index contributed by atoms with van der Waals surface area (Å²) < 4.78 is 0. The van der Waals surface area contributed by atoms with Gasteiger partial charge in [0.1, 0.15) is 0 Å². The number of likely N-dealkylation sites (N-methyl/N-ethyl adjacent to an activating group) is 1. The molecule has 0 saturated heterocycles. The van der Waals surface area contributed by atoms with E-state index < -0.39 is 0 Å². The molecule has 0 spiro atoms. The van der Waals surface area contributed by atoms with E-state index in [9.17, 15) is 5.11 Å². The van der Waals surface area contributed by atoms with Gasteiger partial charge in [-0.15, -0.1) is 0 Å². The molecule has 1 aliphatic rings. The lowest BCUT2D eigenvalue weighted by Crippen LogP contribution is -2.49. The van der Waals surface area contributed by atoms with Crippen molar-refractivity contribution in [1.29, 1.82) is 0 Å². The average molecular weight is 242 g/mol. The van der Waals surface area contributed by atoms with Crippen LogP contribution in [0.5, 0.6) is 0 Å². The largest absolute Gasteiger partial charge is 0.395 e. The van der Waals surface area contributed by atoms with Gasteiger partial charge in [0.2, 0.25) is 0 Å². The van der Waals surface area contributed by atoms with Crippen LogP contribution in [0.15, 0.2) is 0 Å². The molecule has 0 aromatic rings. The van der Waals surface area contributed by atoms with Crippen molar-refractivity contribution in [3.05, 3.63) is 0 Å². The molecule has 102 valence electrons. The first-order valence-electron chi connectivity index (χ1n) is 7.25. The summed E-state index contributed by atoms with van der Waals surface area (Å²) in [5.41, 5.74) is 6.14. The minimum Gasteiger partial charge on any atom is -0.395 e. The van der Waals surface area contributed by atoms with Crippen molar-refractivity contribution in [2.75, 3.05) is 20.2 Å². The highest BCUT2D eigenvalue weighted by Gasteiger charge is 2.24. The van der Waals surface area contributed by atoms with E-state index in [1.54, 1.807) is 0 Å². The van der Waals surface area contributed by atoms with Crippen molar-refractivity contribution in [2.45, 2.75) is 64.0 Å². The first-order chi connectivity index (χ1) is 8.19. The second kappa shape index (κ2) is 8.06. The molecule has 1 aliphatic carbocycles. The van der Waals surface area contributed by atoms with Crippen LogP contribution < -0.4 is 5.73 Å². The van der Waals surface area contributed by atoms with Gasteiger partial charge in [0.15, 0.2) is 0 Å². The van der Waals surface area contributed by atoms with Crippen molar-refractivity contribution >= 4 is 0 Å². The summed E-state index contributed by atoms with van der Waals surface area (Å²) in [6, 6.07) is 0.246. The highest BCUT2D eigenvalue weighted by molar-refractivity contribution is 4.81. The van der Waals surface area contributed by atoms with E-state index in [0.29, 0.717) is 0 Å². The Balaban J connectivity index is 2.38. The Bertz CT molecular complexity index is 193. The van der Waals surface area contributed by atoms with Gasteiger partial charge in [0.25, 0.3) is 0 Å². The van der Waals surface area contributed by atoms with Crippen molar-refractivity contribution < 1.29 is 5.11 Å². The maximum atomic E-state index is 9.50. The maximum absolute atomic E-state index is 9.50. The second-order valence-electron chi connectivity index (χ2n) is 5.65. The summed E-state index contributed by atoms with van der Waals surface area (Å²) in [5.74, 6) is 0.816. The summed E-state index contributed by atoms with van der Waals surface area (Å²) in [7, 11) is 2.12. The van der Waals surface area contributed by atoms with Gasteiger partial charge >= 0.3 is 0 Å². The second-order valence-corrected chi connectivity index (χ2v) is 5.65. The lowest BCUT2D eigenvalue weighted by atomic mass is 9.88. The normalized spacial score (nSPS) is 21.7. The third-order valence-corrected chi connectivity index (χ3v) is 4.14. The first kappa shape index (κ1) is 14.9. The molecule has 0 amide bonds. The summed E-state index contributed by atoms with van der Waals surface area (Å²) in [6.07, 6.45) is 8.96. The minimum atomic E-state index is 0.110. The van der Waals surface area contributed by atoms with Crippen LogP contribution in [0.3, 0.4) is 0 Å². The number of nitrogens with zero attached hydrogens (tertiary/aromatic N) is 1. The minimum absolute atomic E-state index is 0.110. The lowest BCUT2D eigenvalue weighted by Gasteiger charge is -2.35.